The van der Waals surface area contributed by atoms with Crippen LogP contribution < -0.4 is 4.90 Å². The van der Waals surface area contributed by atoms with E-state index in [1.807, 2.05) is 12.4 Å². The lowest BCUT2D eigenvalue weighted by atomic mass is 10.2. The summed E-state index contributed by atoms with van der Waals surface area (Å²) in [7, 11) is 0. The van der Waals surface area contributed by atoms with Crippen LogP contribution in [0, 0.1) is 0 Å². The van der Waals surface area contributed by atoms with E-state index in [1.165, 1.54) is 44.5 Å². The monoisotopic (exact) mass is 254 g/mol. The van der Waals surface area contributed by atoms with Crippen LogP contribution in [0.3, 0.4) is 0 Å². The predicted octanol–water partition coefficient (Wildman–Crippen LogP) is 3.22. The van der Waals surface area contributed by atoms with Crippen LogP contribution in [0.4, 0.5) is 5.69 Å². The largest absolute Gasteiger partial charge is 0.370 e. The Morgan fingerprint density at radius 3 is 2.43 bits per heavy atom. The topological polar surface area (TPSA) is 16.1 Å². The Morgan fingerprint density at radius 1 is 1.07 bits per heavy atom. The molecule has 1 aliphatic heterocycles. The van der Waals surface area contributed by atoms with Crippen molar-refractivity contribution in [3.63, 3.8) is 0 Å². The summed E-state index contributed by atoms with van der Waals surface area (Å²) in [6, 6.07) is 2.15. The number of hydrogen-bond donors (Lipinski definition) is 0. The Bertz CT molecular complexity index is 293. The van der Waals surface area contributed by atoms with E-state index in [1.54, 1.807) is 0 Å². The molecule has 2 nitrogen and oxygen atoms in total. The lowest BCUT2D eigenvalue weighted by molar-refractivity contribution is 0.726. The van der Waals surface area contributed by atoms with Gasteiger partial charge in [-0.1, -0.05) is 12.8 Å². The molecule has 1 fully saturated rings. The highest BCUT2D eigenvalue weighted by atomic mass is 79.9. The fourth-order valence-electron chi connectivity index (χ4n) is 1.90. The Labute approximate surface area is 93.5 Å². The first-order valence-electron chi connectivity index (χ1n) is 5.22. The van der Waals surface area contributed by atoms with E-state index in [4.69, 9.17) is 0 Å². The van der Waals surface area contributed by atoms with E-state index in [9.17, 15) is 0 Å². The SMILES string of the molecule is Brc1cncc(N2CCCCCC2)c1. The fourth-order valence-corrected chi connectivity index (χ4v) is 2.26. The van der Waals surface area contributed by atoms with Crippen molar-refractivity contribution < 1.29 is 0 Å². The fraction of sp³-hybridized carbons (Fsp3) is 0.545. The Balaban J connectivity index is 2.12. The average molecular weight is 255 g/mol. The summed E-state index contributed by atoms with van der Waals surface area (Å²) >= 11 is 3.46. The first-order chi connectivity index (χ1) is 6.86. The Morgan fingerprint density at radius 2 is 1.79 bits per heavy atom. The number of anilines is 1. The number of pyridine rings is 1. The van der Waals surface area contributed by atoms with E-state index in [0.717, 1.165) is 4.47 Å². The molecule has 0 spiro atoms. The first-order valence-corrected chi connectivity index (χ1v) is 6.01. The van der Waals surface area contributed by atoms with Gasteiger partial charge in [-0.15, -0.1) is 0 Å². The normalized spacial score (nSPS) is 17.9. The van der Waals surface area contributed by atoms with Gasteiger partial charge < -0.3 is 4.90 Å². The molecule has 1 aliphatic rings. The molecule has 0 aromatic carbocycles. The van der Waals surface area contributed by atoms with Crippen molar-refractivity contribution in [2.24, 2.45) is 0 Å². The molecule has 0 atom stereocenters. The van der Waals surface area contributed by atoms with Gasteiger partial charge in [-0.05, 0) is 34.8 Å². The van der Waals surface area contributed by atoms with Gasteiger partial charge >= 0.3 is 0 Å². The summed E-state index contributed by atoms with van der Waals surface area (Å²) in [4.78, 5) is 6.64. The zero-order chi connectivity index (χ0) is 9.80. The molecule has 0 aliphatic carbocycles. The van der Waals surface area contributed by atoms with E-state index in [0.29, 0.717) is 0 Å². The maximum atomic E-state index is 4.20. The average Bonchev–Trinajstić information content (AvgIpc) is 2.45. The van der Waals surface area contributed by atoms with Gasteiger partial charge in [0.2, 0.25) is 0 Å². The third-order valence-electron chi connectivity index (χ3n) is 2.66. The van der Waals surface area contributed by atoms with Crippen LogP contribution in [0.25, 0.3) is 0 Å². The van der Waals surface area contributed by atoms with Gasteiger partial charge in [-0.2, -0.15) is 0 Å². The van der Waals surface area contributed by atoms with Gasteiger partial charge in [-0.3, -0.25) is 4.98 Å². The number of hydrogen-bond acceptors (Lipinski definition) is 2. The molecule has 1 saturated heterocycles. The minimum Gasteiger partial charge on any atom is -0.370 e. The smallest absolute Gasteiger partial charge is 0.0564 e. The van der Waals surface area contributed by atoms with Gasteiger partial charge in [0.1, 0.15) is 0 Å². The van der Waals surface area contributed by atoms with Crippen LogP contribution in [0.1, 0.15) is 25.7 Å². The number of nitrogens with zero attached hydrogens (tertiary/aromatic N) is 2. The molecule has 14 heavy (non-hydrogen) atoms. The standard InChI is InChI=1S/C11H15BrN2/c12-10-7-11(9-13-8-10)14-5-3-1-2-4-6-14/h7-9H,1-6H2. The molecule has 76 valence electrons. The maximum absolute atomic E-state index is 4.20. The van der Waals surface area contributed by atoms with Gasteiger partial charge in [-0.25, -0.2) is 0 Å². The maximum Gasteiger partial charge on any atom is 0.0564 e. The van der Waals surface area contributed by atoms with Crippen LogP contribution in [0.15, 0.2) is 22.9 Å². The van der Waals surface area contributed by atoms with Crippen molar-refractivity contribution in [3.8, 4) is 0 Å². The van der Waals surface area contributed by atoms with Crippen LogP contribution >= 0.6 is 15.9 Å². The van der Waals surface area contributed by atoms with Gasteiger partial charge in [0, 0.05) is 23.8 Å². The lowest BCUT2D eigenvalue weighted by Gasteiger charge is -2.22. The summed E-state index contributed by atoms with van der Waals surface area (Å²) in [5, 5.41) is 0. The second-order valence-corrected chi connectivity index (χ2v) is 4.68. The van der Waals surface area contributed by atoms with Crippen LogP contribution in [0.2, 0.25) is 0 Å². The van der Waals surface area contributed by atoms with Crippen molar-refractivity contribution in [2.75, 3.05) is 18.0 Å². The molecular weight excluding hydrogens is 240 g/mol. The van der Waals surface area contributed by atoms with Crippen LogP contribution in [-0.2, 0) is 0 Å². The Kier molecular flexibility index (Phi) is 3.40. The predicted molar refractivity (Wildman–Crippen MR) is 62.6 cm³/mol. The quantitative estimate of drug-likeness (QED) is 0.765. The van der Waals surface area contributed by atoms with Crippen molar-refractivity contribution >= 4 is 21.6 Å². The van der Waals surface area contributed by atoms with E-state index < -0.39 is 0 Å². The second-order valence-electron chi connectivity index (χ2n) is 3.76. The molecule has 0 saturated carbocycles. The Hall–Kier alpha value is -0.570. The molecule has 0 amide bonds. The molecule has 3 heteroatoms. The number of halogens is 1. The van der Waals surface area contributed by atoms with Gasteiger partial charge in [0.25, 0.3) is 0 Å². The summed E-state index contributed by atoms with van der Waals surface area (Å²) < 4.78 is 1.07. The summed E-state index contributed by atoms with van der Waals surface area (Å²) in [6.07, 6.45) is 9.16. The summed E-state index contributed by atoms with van der Waals surface area (Å²) in [6.45, 7) is 2.36. The van der Waals surface area contributed by atoms with E-state index in [-0.39, 0.29) is 0 Å². The molecular formula is C11H15BrN2. The molecule has 2 rings (SSSR count). The molecule has 0 radical (unpaired) electrons. The third kappa shape index (κ3) is 2.47. The zero-order valence-electron chi connectivity index (χ0n) is 8.25. The van der Waals surface area contributed by atoms with Crippen LogP contribution in [-0.4, -0.2) is 18.1 Å². The van der Waals surface area contributed by atoms with E-state index >= 15 is 0 Å². The van der Waals surface area contributed by atoms with Crippen LogP contribution in [0.5, 0.6) is 0 Å². The molecule has 0 unspecified atom stereocenters. The summed E-state index contributed by atoms with van der Waals surface area (Å²) in [5.41, 5.74) is 1.25. The third-order valence-corrected chi connectivity index (χ3v) is 3.10. The van der Waals surface area contributed by atoms with Crippen molar-refractivity contribution in [1.82, 2.24) is 4.98 Å². The lowest BCUT2D eigenvalue weighted by Crippen LogP contribution is -2.23. The van der Waals surface area contributed by atoms with Crippen molar-refractivity contribution in [2.45, 2.75) is 25.7 Å². The molecule has 2 heterocycles. The number of aromatic nitrogens is 1. The minimum absolute atomic E-state index is 1.07. The highest BCUT2D eigenvalue weighted by Gasteiger charge is 2.09. The van der Waals surface area contributed by atoms with Crippen molar-refractivity contribution in [3.05, 3.63) is 22.9 Å². The van der Waals surface area contributed by atoms with Gasteiger partial charge in [0.15, 0.2) is 0 Å². The molecule has 0 bridgehead atoms. The number of rotatable bonds is 1. The highest BCUT2D eigenvalue weighted by Crippen LogP contribution is 2.21. The minimum atomic E-state index is 1.07. The van der Waals surface area contributed by atoms with Crippen molar-refractivity contribution in [1.29, 1.82) is 0 Å². The van der Waals surface area contributed by atoms with E-state index in [2.05, 4.69) is 31.9 Å². The molecule has 1 aromatic rings. The highest BCUT2D eigenvalue weighted by molar-refractivity contribution is 9.10. The zero-order valence-corrected chi connectivity index (χ0v) is 9.83. The van der Waals surface area contributed by atoms with Gasteiger partial charge in [0.05, 0.1) is 11.9 Å². The summed E-state index contributed by atoms with van der Waals surface area (Å²) in [5.74, 6) is 0. The second kappa shape index (κ2) is 4.78. The first kappa shape index (κ1) is 9.97. The molecule has 1 aromatic heterocycles. The molecule has 0 N–H and O–H groups in total.